The maximum absolute atomic E-state index is 12.0. The molecule has 2 aromatic rings. The maximum Gasteiger partial charge on any atom is 0.178 e. The smallest absolute Gasteiger partial charge is 0.178 e. The number of sulfone groups is 1. The van der Waals surface area contributed by atoms with Crippen molar-refractivity contribution in [2.24, 2.45) is 0 Å². The molecule has 22 heavy (non-hydrogen) atoms. The van der Waals surface area contributed by atoms with Crippen LogP contribution in [0.15, 0.2) is 35.5 Å². The van der Waals surface area contributed by atoms with Gasteiger partial charge < -0.3 is 9.84 Å². The van der Waals surface area contributed by atoms with Gasteiger partial charge in [0.25, 0.3) is 0 Å². The van der Waals surface area contributed by atoms with Crippen LogP contribution in [-0.2, 0) is 14.6 Å². The van der Waals surface area contributed by atoms with E-state index in [9.17, 15) is 13.5 Å². The Bertz CT molecular complexity index is 777. The highest BCUT2D eigenvalue weighted by molar-refractivity contribution is 7.91. The van der Waals surface area contributed by atoms with E-state index < -0.39 is 9.84 Å². The van der Waals surface area contributed by atoms with Crippen LogP contribution >= 0.6 is 0 Å². The minimum absolute atomic E-state index is 0.0183. The Hall–Kier alpha value is -1.86. The molecule has 0 amide bonds. The minimum atomic E-state index is -3.33. The number of benzene rings is 1. The summed E-state index contributed by atoms with van der Waals surface area (Å²) < 4.78 is 31.2. The fraction of sp³-hybridized carbons (Fsp3) is 0.400. The molecule has 1 aliphatic rings. The molecule has 1 aromatic heterocycles. The zero-order chi connectivity index (χ0) is 15.7. The Morgan fingerprint density at radius 2 is 2.27 bits per heavy atom. The number of aromatic nitrogens is 2. The Morgan fingerprint density at radius 1 is 1.45 bits per heavy atom. The third-order valence-electron chi connectivity index (χ3n) is 3.91. The first-order valence-electron chi connectivity index (χ1n) is 7.20. The lowest BCUT2D eigenvalue weighted by atomic mass is 10.1. The Balaban J connectivity index is 2.09. The number of nitrogens with zero attached hydrogens (tertiary/aromatic N) is 2. The number of phenols is 1. The highest BCUT2D eigenvalue weighted by Crippen LogP contribution is 2.31. The van der Waals surface area contributed by atoms with Crippen LogP contribution in [0.2, 0.25) is 0 Å². The van der Waals surface area contributed by atoms with Crippen LogP contribution in [0.3, 0.4) is 0 Å². The van der Waals surface area contributed by atoms with Crippen LogP contribution in [0.1, 0.15) is 25.1 Å². The van der Waals surface area contributed by atoms with E-state index in [2.05, 4.69) is 4.98 Å². The topological polar surface area (TPSA) is 81.4 Å². The molecule has 6 nitrogen and oxygen atoms in total. The van der Waals surface area contributed by atoms with Gasteiger partial charge in [0.1, 0.15) is 11.6 Å². The SMILES string of the molecule is CCS(=O)(=O)c1ccc(O)c(-n2ccnc2[C@@H]2CCOC2)c1. The molecule has 1 fully saturated rings. The van der Waals surface area contributed by atoms with Crippen molar-refractivity contribution in [2.45, 2.75) is 24.2 Å². The van der Waals surface area contributed by atoms with E-state index in [1.165, 1.54) is 18.2 Å². The summed E-state index contributed by atoms with van der Waals surface area (Å²) >= 11 is 0. The summed E-state index contributed by atoms with van der Waals surface area (Å²) in [7, 11) is -3.33. The average molecular weight is 322 g/mol. The Kier molecular flexibility index (Phi) is 3.92. The molecule has 1 N–H and O–H groups in total. The van der Waals surface area contributed by atoms with Gasteiger partial charge in [-0.05, 0) is 24.6 Å². The van der Waals surface area contributed by atoms with Crippen LogP contribution in [0.5, 0.6) is 5.75 Å². The standard InChI is InChI=1S/C15H18N2O4S/c1-2-22(19,20)12-3-4-14(18)13(9-12)17-7-6-16-15(17)11-5-8-21-10-11/h3-4,6-7,9,11,18H,2,5,8,10H2,1H3/t11-/m1/s1. The number of imidazole rings is 1. The largest absolute Gasteiger partial charge is 0.506 e. The van der Waals surface area contributed by atoms with Gasteiger partial charge >= 0.3 is 0 Å². The van der Waals surface area contributed by atoms with Crippen molar-refractivity contribution in [3.63, 3.8) is 0 Å². The van der Waals surface area contributed by atoms with Gasteiger partial charge in [-0.3, -0.25) is 4.57 Å². The zero-order valence-electron chi connectivity index (χ0n) is 12.3. The molecule has 1 aromatic carbocycles. The van der Waals surface area contributed by atoms with E-state index >= 15 is 0 Å². The van der Waals surface area contributed by atoms with Gasteiger partial charge in [0.05, 0.1) is 22.9 Å². The molecular formula is C15H18N2O4S. The van der Waals surface area contributed by atoms with Gasteiger partial charge in [-0.1, -0.05) is 6.92 Å². The van der Waals surface area contributed by atoms with Gasteiger partial charge in [0.2, 0.25) is 0 Å². The third kappa shape index (κ3) is 2.62. The lowest BCUT2D eigenvalue weighted by Gasteiger charge is -2.14. The van der Waals surface area contributed by atoms with Gasteiger partial charge in [0.15, 0.2) is 9.84 Å². The fourth-order valence-corrected chi connectivity index (χ4v) is 3.52. The number of hydrogen-bond donors (Lipinski definition) is 1. The monoisotopic (exact) mass is 322 g/mol. The first-order valence-corrected chi connectivity index (χ1v) is 8.85. The molecule has 118 valence electrons. The maximum atomic E-state index is 12.0. The van der Waals surface area contributed by atoms with Crippen molar-refractivity contribution in [1.29, 1.82) is 0 Å². The second-order valence-corrected chi connectivity index (χ2v) is 7.55. The predicted octanol–water partition coefficient (Wildman–Crippen LogP) is 1.88. The van der Waals surface area contributed by atoms with Crippen LogP contribution in [0, 0.1) is 0 Å². The van der Waals surface area contributed by atoms with Gasteiger partial charge in [-0.15, -0.1) is 0 Å². The molecule has 0 aliphatic carbocycles. The van der Waals surface area contributed by atoms with Crippen molar-refractivity contribution < 1.29 is 18.3 Å². The second-order valence-electron chi connectivity index (χ2n) is 5.27. The first kappa shape index (κ1) is 15.1. The van der Waals surface area contributed by atoms with E-state index in [1.807, 2.05) is 0 Å². The highest BCUT2D eigenvalue weighted by Gasteiger charge is 2.24. The summed E-state index contributed by atoms with van der Waals surface area (Å²) in [6.45, 7) is 2.87. The van der Waals surface area contributed by atoms with Crippen molar-refractivity contribution in [2.75, 3.05) is 19.0 Å². The van der Waals surface area contributed by atoms with Gasteiger partial charge in [0, 0.05) is 24.9 Å². The van der Waals surface area contributed by atoms with Crippen molar-refractivity contribution in [3.05, 3.63) is 36.4 Å². The van der Waals surface area contributed by atoms with Crippen molar-refractivity contribution >= 4 is 9.84 Å². The number of aromatic hydroxyl groups is 1. The molecule has 0 radical (unpaired) electrons. The lowest BCUT2D eigenvalue weighted by Crippen LogP contribution is -2.09. The predicted molar refractivity (Wildman–Crippen MR) is 81.1 cm³/mol. The van der Waals surface area contributed by atoms with E-state index in [1.54, 1.807) is 23.9 Å². The molecule has 1 saturated heterocycles. The van der Waals surface area contributed by atoms with Gasteiger partial charge in [-0.25, -0.2) is 13.4 Å². The molecule has 7 heteroatoms. The van der Waals surface area contributed by atoms with Crippen molar-refractivity contribution in [1.82, 2.24) is 9.55 Å². The molecule has 0 spiro atoms. The van der Waals surface area contributed by atoms with Gasteiger partial charge in [-0.2, -0.15) is 0 Å². The summed E-state index contributed by atoms with van der Waals surface area (Å²) in [6.07, 6.45) is 4.24. The Labute approximate surface area is 129 Å². The zero-order valence-corrected chi connectivity index (χ0v) is 13.1. The van der Waals surface area contributed by atoms with E-state index in [0.29, 0.717) is 18.9 Å². The highest BCUT2D eigenvalue weighted by atomic mass is 32.2. The Morgan fingerprint density at radius 3 is 2.95 bits per heavy atom. The molecule has 0 unspecified atom stereocenters. The number of ether oxygens (including phenoxy) is 1. The summed E-state index contributed by atoms with van der Waals surface area (Å²) in [5.41, 5.74) is 0.425. The average Bonchev–Trinajstić information content (AvgIpc) is 3.18. The first-order chi connectivity index (χ1) is 10.5. The third-order valence-corrected chi connectivity index (χ3v) is 5.64. The fourth-order valence-electron chi connectivity index (χ4n) is 2.62. The van der Waals surface area contributed by atoms with Crippen LogP contribution < -0.4 is 0 Å². The molecule has 0 saturated carbocycles. The molecule has 2 heterocycles. The van der Waals surface area contributed by atoms with E-state index in [4.69, 9.17) is 4.74 Å². The molecule has 1 atom stereocenters. The summed E-state index contributed by atoms with van der Waals surface area (Å²) in [6, 6.07) is 4.33. The quantitative estimate of drug-likeness (QED) is 0.929. The van der Waals surface area contributed by atoms with Crippen molar-refractivity contribution in [3.8, 4) is 11.4 Å². The van der Waals surface area contributed by atoms with Crippen LogP contribution in [0.4, 0.5) is 0 Å². The summed E-state index contributed by atoms with van der Waals surface area (Å²) in [4.78, 5) is 4.55. The normalized spacial score (nSPS) is 18.7. The minimum Gasteiger partial charge on any atom is -0.506 e. The second kappa shape index (κ2) is 5.73. The van der Waals surface area contributed by atoms with Crippen LogP contribution in [0.25, 0.3) is 5.69 Å². The van der Waals surface area contributed by atoms with E-state index in [0.717, 1.165) is 12.2 Å². The molecule has 3 rings (SSSR count). The van der Waals surface area contributed by atoms with Crippen LogP contribution in [-0.4, -0.2) is 42.0 Å². The number of rotatable bonds is 4. The molecule has 1 aliphatic heterocycles. The number of hydrogen-bond acceptors (Lipinski definition) is 5. The molecule has 0 bridgehead atoms. The lowest BCUT2D eigenvalue weighted by molar-refractivity contribution is 0.193. The van der Waals surface area contributed by atoms with E-state index in [-0.39, 0.29) is 22.3 Å². The molecular weight excluding hydrogens is 304 g/mol. The number of phenolic OH excluding ortho intramolecular Hbond substituents is 1. The summed E-state index contributed by atoms with van der Waals surface area (Å²) in [5.74, 6) is 0.970. The summed E-state index contributed by atoms with van der Waals surface area (Å²) in [5, 5.41) is 10.1.